The van der Waals surface area contributed by atoms with E-state index in [-0.39, 0.29) is 11.0 Å². The largest absolute Gasteiger partial charge is 0.463 e. The zero-order valence-electron chi connectivity index (χ0n) is 14.6. The van der Waals surface area contributed by atoms with Crippen molar-refractivity contribution in [3.05, 3.63) is 59.8 Å². The van der Waals surface area contributed by atoms with Gasteiger partial charge in [0, 0.05) is 5.92 Å². The van der Waals surface area contributed by atoms with Crippen LogP contribution in [0.3, 0.4) is 0 Å². The van der Waals surface area contributed by atoms with Gasteiger partial charge in [0.15, 0.2) is 0 Å². The number of hydrogen-bond acceptors (Lipinski definition) is 6. The number of ether oxygens (including phenoxy) is 1. The molecular formula is C19H19N3O3S. The summed E-state index contributed by atoms with van der Waals surface area (Å²) in [5.74, 6) is 1.93. The topological polar surface area (TPSA) is 70.2 Å². The number of aromatic nitrogens is 3. The Labute approximate surface area is 155 Å². The molecule has 2 heterocycles. The van der Waals surface area contributed by atoms with Gasteiger partial charge in [-0.1, -0.05) is 30.0 Å². The Morgan fingerprint density at radius 2 is 2.04 bits per heavy atom. The van der Waals surface area contributed by atoms with Crippen LogP contribution >= 0.6 is 11.8 Å². The molecule has 1 saturated carbocycles. The number of thioether (sulfide) groups is 1. The molecule has 1 atom stereocenters. The number of carbonyl (C=O) groups is 1. The molecule has 1 fully saturated rings. The van der Waals surface area contributed by atoms with Crippen molar-refractivity contribution in [1.82, 2.24) is 14.8 Å². The van der Waals surface area contributed by atoms with Crippen molar-refractivity contribution in [3.63, 3.8) is 0 Å². The highest BCUT2D eigenvalue weighted by atomic mass is 32.2. The zero-order valence-corrected chi connectivity index (χ0v) is 15.4. The van der Waals surface area contributed by atoms with Crippen LogP contribution in [0.1, 0.15) is 53.1 Å². The standard InChI is InChI=1S/C19H19N3O3S/c1-12(15-10-11-16(25-15)18(23)24-2)26-19-20-17(13-8-9-13)22(21-19)14-6-4-3-5-7-14/h3-7,10-13H,8-9H2,1-2H3. The molecule has 0 bridgehead atoms. The third-order valence-corrected chi connectivity index (χ3v) is 5.22. The van der Waals surface area contributed by atoms with Gasteiger partial charge in [0.05, 0.1) is 18.0 Å². The number of methoxy groups -OCH3 is 1. The molecule has 1 unspecified atom stereocenters. The number of rotatable bonds is 6. The molecule has 0 saturated heterocycles. The highest BCUT2D eigenvalue weighted by Crippen LogP contribution is 2.42. The molecule has 0 N–H and O–H groups in total. The Hall–Kier alpha value is -2.54. The molecule has 0 aliphatic heterocycles. The van der Waals surface area contributed by atoms with Gasteiger partial charge in [-0.15, -0.1) is 5.10 Å². The molecule has 0 spiro atoms. The van der Waals surface area contributed by atoms with Crippen LogP contribution in [-0.4, -0.2) is 27.8 Å². The summed E-state index contributed by atoms with van der Waals surface area (Å²) in [6.45, 7) is 2.00. The van der Waals surface area contributed by atoms with Crippen molar-refractivity contribution in [2.24, 2.45) is 0 Å². The van der Waals surface area contributed by atoms with Crippen LogP contribution in [0.4, 0.5) is 0 Å². The fourth-order valence-corrected chi connectivity index (χ4v) is 3.55. The minimum atomic E-state index is -0.476. The van der Waals surface area contributed by atoms with Crippen LogP contribution in [0.15, 0.2) is 52.0 Å². The lowest BCUT2D eigenvalue weighted by Crippen LogP contribution is -2.01. The maximum absolute atomic E-state index is 11.5. The van der Waals surface area contributed by atoms with E-state index in [2.05, 4.69) is 4.74 Å². The van der Waals surface area contributed by atoms with Gasteiger partial charge in [0.2, 0.25) is 10.9 Å². The normalized spacial score (nSPS) is 15.0. The first-order valence-electron chi connectivity index (χ1n) is 8.53. The van der Waals surface area contributed by atoms with Gasteiger partial charge >= 0.3 is 5.97 Å². The number of esters is 1. The second kappa shape index (κ2) is 6.99. The second-order valence-corrected chi connectivity index (χ2v) is 7.54. The molecule has 2 aromatic heterocycles. The molecule has 7 heteroatoms. The highest BCUT2D eigenvalue weighted by Gasteiger charge is 2.31. The minimum Gasteiger partial charge on any atom is -0.463 e. The summed E-state index contributed by atoms with van der Waals surface area (Å²) in [5, 5.41) is 5.39. The molecule has 0 radical (unpaired) electrons. The predicted octanol–water partition coefficient (Wildman–Crippen LogP) is 4.38. The van der Waals surface area contributed by atoms with Crippen LogP contribution < -0.4 is 0 Å². The Bertz CT molecular complexity index is 915. The van der Waals surface area contributed by atoms with Crippen LogP contribution in [0.2, 0.25) is 0 Å². The molecule has 26 heavy (non-hydrogen) atoms. The van der Waals surface area contributed by atoms with Gasteiger partial charge in [0.25, 0.3) is 0 Å². The van der Waals surface area contributed by atoms with E-state index < -0.39 is 5.97 Å². The Morgan fingerprint density at radius 1 is 1.27 bits per heavy atom. The third kappa shape index (κ3) is 3.39. The van der Waals surface area contributed by atoms with Crippen molar-refractivity contribution >= 4 is 17.7 Å². The molecule has 1 aliphatic rings. The van der Waals surface area contributed by atoms with Crippen molar-refractivity contribution in [2.75, 3.05) is 7.11 Å². The smallest absolute Gasteiger partial charge is 0.373 e. The van der Waals surface area contributed by atoms with Gasteiger partial charge in [0.1, 0.15) is 11.6 Å². The van der Waals surface area contributed by atoms with Crippen LogP contribution in [0.25, 0.3) is 5.69 Å². The molecule has 3 aromatic rings. The Balaban J connectivity index is 1.56. The van der Waals surface area contributed by atoms with E-state index >= 15 is 0 Å². The lowest BCUT2D eigenvalue weighted by atomic mass is 10.3. The Kier molecular flexibility index (Phi) is 4.55. The molecule has 134 valence electrons. The van der Waals surface area contributed by atoms with Gasteiger partial charge in [-0.2, -0.15) is 0 Å². The first kappa shape index (κ1) is 16.9. The van der Waals surface area contributed by atoms with E-state index in [4.69, 9.17) is 14.5 Å². The van der Waals surface area contributed by atoms with Crippen LogP contribution in [0.5, 0.6) is 0 Å². The SMILES string of the molecule is COC(=O)c1ccc(C(C)Sc2nc(C3CC3)n(-c3ccccc3)n2)o1. The fourth-order valence-electron chi connectivity index (χ4n) is 2.72. The molecular weight excluding hydrogens is 350 g/mol. The number of nitrogens with zero attached hydrogens (tertiary/aromatic N) is 3. The first-order chi connectivity index (χ1) is 12.7. The number of benzene rings is 1. The molecule has 0 amide bonds. The predicted molar refractivity (Wildman–Crippen MR) is 97.7 cm³/mol. The minimum absolute atomic E-state index is 0.0212. The monoisotopic (exact) mass is 369 g/mol. The average molecular weight is 369 g/mol. The maximum Gasteiger partial charge on any atom is 0.373 e. The second-order valence-electron chi connectivity index (χ2n) is 6.23. The van der Waals surface area contributed by atoms with E-state index in [0.717, 1.165) is 24.4 Å². The summed E-state index contributed by atoms with van der Waals surface area (Å²) in [4.78, 5) is 16.3. The Morgan fingerprint density at radius 3 is 2.73 bits per heavy atom. The quantitative estimate of drug-likeness (QED) is 0.474. The molecule has 1 aromatic carbocycles. The summed E-state index contributed by atoms with van der Waals surface area (Å²) >= 11 is 1.52. The lowest BCUT2D eigenvalue weighted by Gasteiger charge is -2.05. The number of hydrogen-bond donors (Lipinski definition) is 0. The van der Waals surface area contributed by atoms with Gasteiger partial charge in [-0.25, -0.2) is 14.5 Å². The van der Waals surface area contributed by atoms with Crippen molar-refractivity contribution in [3.8, 4) is 5.69 Å². The summed E-state index contributed by atoms with van der Waals surface area (Å²) in [5.41, 5.74) is 1.02. The van der Waals surface area contributed by atoms with E-state index in [1.807, 2.05) is 41.9 Å². The number of carbonyl (C=O) groups excluding carboxylic acids is 1. The summed E-state index contributed by atoms with van der Waals surface area (Å²) in [6.07, 6.45) is 2.32. The molecule has 4 rings (SSSR count). The average Bonchev–Trinajstić information content (AvgIpc) is 3.24. The maximum atomic E-state index is 11.5. The van der Waals surface area contributed by atoms with E-state index in [1.165, 1.54) is 18.9 Å². The van der Waals surface area contributed by atoms with E-state index in [9.17, 15) is 4.79 Å². The summed E-state index contributed by atoms with van der Waals surface area (Å²) < 4.78 is 12.2. The number of furan rings is 1. The van der Waals surface area contributed by atoms with Crippen molar-refractivity contribution < 1.29 is 13.9 Å². The van der Waals surface area contributed by atoms with Crippen molar-refractivity contribution in [1.29, 1.82) is 0 Å². The molecule has 1 aliphatic carbocycles. The summed E-state index contributed by atoms with van der Waals surface area (Å²) in [7, 11) is 1.34. The third-order valence-electron chi connectivity index (χ3n) is 4.25. The van der Waals surface area contributed by atoms with Crippen LogP contribution in [0, 0.1) is 0 Å². The van der Waals surface area contributed by atoms with Gasteiger partial charge < -0.3 is 9.15 Å². The van der Waals surface area contributed by atoms with E-state index in [0.29, 0.717) is 16.8 Å². The lowest BCUT2D eigenvalue weighted by molar-refractivity contribution is 0.0563. The fraction of sp³-hybridized carbons (Fsp3) is 0.316. The summed E-state index contributed by atoms with van der Waals surface area (Å²) in [6, 6.07) is 13.5. The van der Waals surface area contributed by atoms with Crippen LogP contribution in [-0.2, 0) is 4.74 Å². The highest BCUT2D eigenvalue weighted by molar-refractivity contribution is 7.99. The van der Waals surface area contributed by atoms with Gasteiger partial charge in [-0.05, 0) is 44.0 Å². The van der Waals surface area contributed by atoms with Gasteiger partial charge in [-0.3, -0.25) is 0 Å². The zero-order chi connectivity index (χ0) is 18.1. The number of para-hydroxylation sites is 1. The van der Waals surface area contributed by atoms with E-state index in [1.54, 1.807) is 12.1 Å². The first-order valence-corrected chi connectivity index (χ1v) is 9.40. The van der Waals surface area contributed by atoms with Crippen molar-refractivity contribution in [2.45, 2.75) is 36.1 Å². The molecule has 6 nitrogen and oxygen atoms in total.